The molecule has 4 rings (SSSR count). The Bertz CT molecular complexity index is 1300. The molecular formula is C23H24N4O3S. The topological polar surface area (TPSA) is 77.8 Å². The lowest BCUT2D eigenvalue weighted by Gasteiger charge is -2.12. The Morgan fingerprint density at radius 1 is 1.03 bits per heavy atom. The minimum atomic E-state index is -0.168. The molecule has 31 heavy (non-hydrogen) atoms. The van der Waals surface area contributed by atoms with Crippen molar-refractivity contribution in [1.29, 1.82) is 0 Å². The standard InChI is InChI=1S/C23H24N4O3S/c1-13-6-7-16-10-14(2)22-25-26-23(27(22)21(16)15(13)3)31-12-20(28)24-18-11-17(29-4)8-9-19(18)30-5/h6-11H,12H2,1-5H3,(H,24,28). The summed E-state index contributed by atoms with van der Waals surface area (Å²) < 4.78 is 12.6. The Morgan fingerprint density at radius 3 is 2.58 bits per heavy atom. The van der Waals surface area contributed by atoms with Crippen LogP contribution >= 0.6 is 11.8 Å². The van der Waals surface area contributed by atoms with Crippen LogP contribution in [0.15, 0.2) is 41.6 Å². The molecule has 160 valence electrons. The second kappa shape index (κ2) is 8.47. The maximum Gasteiger partial charge on any atom is 0.234 e. The maximum absolute atomic E-state index is 12.7. The number of anilines is 1. The van der Waals surface area contributed by atoms with Crippen molar-refractivity contribution in [2.75, 3.05) is 25.3 Å². The van der Waals surface area contributed by atoms with Crippen LogP contribution in [0.5, 0.6) is 11.5 Å². The summed E-state index contributed by atoms with van der Waals surface area (Å²) in [5.41, 5.74) is 5.86. The number of methoxy groups -OCH3 is 2. The third-order valence-corrected chi connectivity index (χ3v) is 6.26. The lowest BCUT2D eigenvalue weighted by Crippen LogP contribution is -2.15. The molecule has 0 radical (unpaired) electrons. The summed E-state index contributed by atoms with van der Waals surface area (Å²) in [6, 6.07) is 11.6. The van der Waals surface area contributed by atoms with E-state index >= 15 is 0 Å². The van der Waals surface area contributed by atoms with Gasteiger partial charge in [0.05, 0.1) is 31.2 Å². The van der Waals surface area contributed by atoms with Gasteiger partial charge in [0, 0.05) is 6.07 Å². The van der Waals surface area contributed by atoms with Crippen molar-refractivity contribution in [3.05, 3.63) is 53.1 Å². The second-order valence-electron chi connectivity index (χ2n) is 7.32. The van der Waals surface area contributed by atoms with Crippen molar-refractivity contribution in [2.45, 2.75) is 25.9 Å². The normalized spacial score (nSPS) is 11.1. The number of nitrogens with one attached hydrogen (secondary N) is 1. The van der Waals surface area contributed by atoms with E-state index in [0.717, 1.165) is 22.1 Å². The van der Waals surface area contributed by atoms with Crippen LogP contribution in [0.4, 0.5) is 5.69 Å². The molecule has 8 heteroatoms. The summed E-state index contributed by atoms with van der Waals surface area (Å²) in [5.74, 6) is 1.22. The fourth-order valence-corrected chi connectivity index (χ4v) is 4.32. The molecule has 0 saturated heterocycles. The van der Waals surface area contributed by atoms with Crippen LogP contribution in [-0.2, 0) is 4.79 Å². The highest BCUT2D eigenvalue weighted by Gasteiger charge is 2.16. The number of carbonyl (C=O) groups excluding carboxylic acids is 1. The van der Waals surface area contributed by atoms with Crippen LogP contribution in [0.25, 0.3) is 16.6 Å². The van der Waals surface area contributed by atoms with Gasteiger partial charge in [-0.15, -0.1) is 10.2 Å². The van der Waals surface area contributed by atoms with Gasteiger partial charge in [-0.05, 0) is 61.0 Å². The number of amides is 1. The Morgan fingerprint density at radius 2 is 1.84 bits per heavy atom. The number of aromatic nitrogens is 3. The first-order chi connectivity index (χ1) is 14.9. The summed E-state index contributed by atoms with van der Waals surface area (Å²) in [7, 11) is 3.14. The average molecular weight is 437 g/mol. The van der Waals surface area contributed by atoms with E-state index in [1.807, 2.05) is 6.92 Å². The van der Waals surface area contributed by atoms with Gasteiger partial charge in [-0.3, -0.25) is 9.20 Å². The fraction of sp³-hybridized carbons (Fsp3) is 0.261. The van der Waals surface area contributed by atoms with Crippen LogP contribution in [0.3, 0.4) is 0 Å². The molecule has 0 aliphatic carbocycles. The van der Waals surface area contributed by atoms with Crippen LogP contribution in [0.1, 0.15) is 16.7 Å². The predicted octanol–water partition coefficient (Wildman–Crippen LogP) is 4.56. The van der Waals surface area contributed by atoms with Crippen molar-refractivity contribution >= 4 is 39.9 Å². The third kappa shape index (κ3) is 3.90. The molecule has 0 fully saturated rings. The van der Waals surface area contributed by atoms with Gasteiger partial charge in [-0.2, -0.15) is 0 Å². The molecule has 0 bridgehead atoms. The summed E-state index contributed by atoms with van der Waals surface area (Å²) in [6.45, 7) is 6.21. The first-order valence-electron chi connectivity index (χ1n) is 9.82. The second-order valence-corrected chi connectivity index (χ2v) is 8.26. The van der Waals surface area contributed by atoms with Gasteiger partial charge >= 0.3 is 0 Å². The number of carbonyl (C=O) groups is 1. The first kappa shape index (κ1) is 21.0. The molecule has 0 saturated carbocycles. The molecular weight excluding hydrogens is 412 g/mol. The van der Waals surface area contributed by atoms with Crippen molar-refractivity contribution < 1.29 is 14.3 Å². The van der Waals surface area contributed by atoms with Crippen LogP contribution in [0.2, 0.25) is 0 Å². The number of nitrogens with zero attached hydrogens (tertiary/aromatic N) is 3. The number of thioether (sulfide) groups is 1. The molecule has 7 nitrogen and oxygen atoms in total. The SMILES string of the molecule is COc1ccc(OC)c(NC(=O)CSc2nnc3c(C)cc4ccc(C)c(C)c4n23)c1. The van der Waals surface area contributed by atoms with Gasteiger partial charge < -0.3 is 14.8 Å². The van der Waals surface area contributed by atoms with Crippen LogP contribution in [0, 0.1) is 20.8 Å². The van der Waals surface area contributed by atoms with E-state index < -0.39 is 0 Å². The van der Waals surface area contributed by atoms with E-state index in [2.05, 4.69) is 52.0 Å². The van der Waals surface area contributed by atoms with Gasteiger partial charge in [0.15, 0.2) is 10.8 Å². The minimum absolute atomic E-state index is 0.168. The molecule has 2 heterocycles. The predicted molar refractivity (Wildman–Crippen MR) is 124 cm³/mol. The number of hydrogen-bond donors (Lipinski definition) is 1. The Labute approximate surface area is 184 Å². The molecule has 0 unspecified atom stereocenters. The van der Waals surface area contributed by atoms with E-state index in [0.29, 0.717) is 22.3 Å². The van der Waals surface area contributed by atoms with Gasteiger partial charge in [0.25, 0.3) is 0 Å². The Hall–Kier alpha value is -3.26. The highest BCUT2D eigenvalue weighted by molar-refractivity contribution is 7.99. The zero-order valence-corrected chi connectivity index (χ0v) is 19.0. The van der Waals surface area contributed by atoms with Gasteiger partial charge in [-0.1, -0.05) is 23.9 Å². The quantitative estimate of drug-likeness (QED) is 0.447. The van der Waals surface area contributed by atoms with E-state index in [4.69, 9.17) is 9.47 Å². The van der Waals surface area contributed by atoms with Crippen molar-refractivity contribution in [1.82, 2.24) is 14.6 Å². The molecule has 0 aliphatic heterocycles. The highest BCUT2D eigenvalue weighted by Crippen LogP contribution is 2.31. The third-order valence-electron chi connectivity index (χ3n) is 5.33. The molecule has 4 aromatic rings. The van der Waals surface area contributed by atoms with Crippen molar-refractivity contribution in [3.63, 3.8) is 0 Å². The lowest BCUT2D eigenvalue weighted by atomic mass is 10.0. The average Bonchev–Trinajstić information content (AvgIpc) is 3.19. The van der Waals surface area contributed by atoms with Crippen LogP contribution in [-0.4, -0.2) is 40.5 Å². The monoisotopic (exact) mass is 436 g/mol. The zero-order valence-electron chi connectivity index (χ0n) is 18.1. The minimum Gasteiger partial charge on any atom is -0.497 e. The molecule has 2 aromatic heterocycles. The number of aryl methyl sites for hydroxylation is 3. The molecule has 2 aromatic carbocycles. The van der Waals surface area contributed by atoms with Crippen molar-refractivity contribution in [2.24, 2.45) is 0 Å². The molecule has 1 N–H and O–H groups in total. The maximum atomic E-state index is 12.7. The van der Waals surface area contributed by atoms with Gasteiger partial charge in [0.2, 0.25) is 5.91 Å². The first-order valence-corrected chi connectivity index (χ1v) is 10.8. The summed E-state index contributed by atoms with van der Waals surface area (Å²) in [5, 5.41) is 13.4. The Balaban J connectivity index is 1.63. The Kier molecular flexibility index (Phi) is 5.73. The zero-order chi connectivity index (χ0) is 22.1. The van der Waals surface area contributed by atoms with Crippen LogP contribution < -0.4 is 14.8 Å². The van der Waals surface area contributed by atoms with Crippen molar-refractivity contribution in [3.8, 4) is 11.5 Å². The number of fused-ring (bicyclic) bond motifs is 3. The number of pyridine rings is 1. The summed E-state index contributed by atoms with van der Waals surface area (Å²) in [4.78, 5) is 12.7. The number of ether oxygens (including phenoxy) is 2. The summed E-state index contributed by atoms with van der Waals surface area (Å²) in [6.07, 6.45) is 0. The van der Waals surface area contributed by atoms with Gasteiger partial charge in [0.1, 0.15) is 11.5 Å². The van der Waals surface area contributed by atoms with E-state index in [1.165, 1.54) is 22.9 Å². The van der Waals surface area contributed by atoms with E-state index in [1.54, 1.807) is 32.4 Å². The molecule has 1 amide bonds. The van der Waals surface area contributed by atoms with Gasteiger partial charge in [-0.25, -0.2) is 0 Å². The number of rotatable bonds is 6. The smallest absolute Gasteiger partial charge is 0.234 e. The molecule has 0 aliphatic rings. The highest BCUT2D eigenvalue weighted by atomic mass is 32.2. The van der Waals surface area contributed by atoms with E-state index in [9.17, 15) is 4.79 Å². The number of benzene rings is 2. The largest absolute Gasteiger partial charge is 0.497 e. The van der Waals surface area contributed by atoms with E-state index in [-0.39, 0.29) is 11.7 Å². The number of hydrogen-bond acceptors (Lipinski definition) is 6. The molecule has 0 atom stereocenters. The fourth-order valence-electron chi connectivity index (χ4n) is 3.58. The summed E-state index contributed by atoms with van der Waals surface area (Å²) >= 11 is 1.35. The lowest BCUT2D eigenvalue weighted by molar-refractivity contribution is -0.113. The molecule has 0 spiro atoms.